The first kappa shape index (κ1) is 15.3. The third-order valence-corrected chi connectivity index (χ3v) is 3.72. The molecule has 2 N–H and O–H groups in total. The van der Waals surface area contributed by atoms with Gasteiger partial charge in [-0.25, -0.2) is 0 Å². The number of para-hydroxylation sites is 1. The average molecular weight is 330 g/mol. The lowest BCUT2D eigenvalue weighted by Gasteiger charge is -2.09. The smallest absolute Gasteiger partial charge is 0.334 e. The summed E-state index contributed by atoms with van der Waals surface area (Å²) in [6.07, 6.45) is 0. The molecule has 0 aromatic heterocycles. The maximum Gasteiger partial charge on any atom is 0.334 e. The number of phenols is 1. The Labute approximate surface area is 125 Å². The minimum atomic E-state index is -4.98. The Hall–Kier alpha value is -2.12. The Bertz CT molecular complexity index is 808. The van der Waals surface area contributed by atoms with Crippen LogP contribution in [0.3, 0.4) is 0 Å². The summed E-state index contributed by atoms with van der Waals surface area (Å²) in [5.74, 6) is -1.15. The quantitative estimate of drug-likeness (QED) is 0.848. The zero-order chi connectivity index (χ0) is 15.6. The molecule has 110 valence electrons. The van der Waals surface area contributed by atoms with E-state index in [1.807, 2.05) is 0 Å². The van der Waals surface area contributed by atoms with Crippen molar-refractivity contribution in [1.82, 2.24) is 0 Å². The third-order valence-electron chi connectivity index (χ3n) is 2.60. The molecular formula is C13H9ClFNO4S. The van der Waals surface area contributed by atoms with Crippen LogP contribution in [-0.4, -0.2) is 19.4 Å². The van der Waals surface area contributed by atoms with E-state index in [0.29, 0.717) is 0 Å². The number of carbonyl (C=O) groups is 1. The molecule has 5 nitrogen and oxygen atoms in total. The fourth-order valence-electron chi connectivity index (χ4n) is 1.66. The second-order valence-corrected chi connectivity index (χ2v) is 5.80. The zero-order valence-electron chi connectivity index (χ0n) is 10.4. The molecule has 0 heterocycles. The number of phenolic OH excluding ortho intramolecular Hbond substituents is 1. The van der Waals surface area contributed by atoms with E-state index in [1.165, 1.54) is 36.4 Å². The molecule has 0 bridgehead atoms. The van der Waals surface area contributed by atoms with E-state index in [0.717, 1.165) is 6.07 Å². The van der Waals surface area contributed by atoms with E-state index in [9.17, 15) is 22.2 Å². The molecule has 8 heteroatoms. The SMILES string of the molecule is O=C(Nc1ccccc1S(=O)(=O)F)c1cc(Cl)ccc1O. The standard InChI is InChI=1S/C13H9ClFNO4S/c14-8-5-6-11(17)9(7-8)13(18)16-10-3-1-2-4-12(10)21(15,19)20/h1-7,17H,(H,16,18). The molecule has 2 rings (SSSR count). The Morgan fingerprint density at radius 1 is 1.19 bits per heavy atom. The van der Waals surface area contributed by atoms with E-state index in [1.54, 1.807) is 0 Å². The van der Waals surface area contributed by atoms with Gasteiger partial charge in [-0.2, -0.15) is 8.42 Å². The molecule has 1 amide bonds. The van der Waals surface area contributed by atoms with Gasteiger partial charge in [0.05, 0.1) is 11.3 Å². The molecule has 0 fully saturated rings. The molecular weight excluding hydrogens is 321 g/mol. The summed E-state index contributed by atoms with van der Waals surface area (Å²) < 4.78 is 35.1. The highest BCUT2D eigenvalue weighted by Crippen LogP contribution is 2.26. The lowest BCUT2D eigenvalue weighted by molar-refractivity contribution is 0.102. The van der Waals surface area contributed by atoms with E-state index >= 15 is 0 Å². The number of hydrogen-bond acceptors (Lipinski definition) is 4. The summed E-state index contributed by atoms with van der Waals surface area (Å²) >= 11 is 5.72. The van der Waals surface area contributed by atoms with Crippen molar-refractivity contribution in [2.45, 2.75) is 4.90 Å². The minimum absolute atomic E-state index is 0.159. The van der Waals surface area contributed by atoms with E-state index in [4.69, 9.17) is 11.6 Å². The van der Waals surface area contributed by atoms with Crippen LogP contribution < -0.4 is 5.32 Å². The maximum atomic E-state index is 13.1. The largest absolute Gasteiger partial charge is 0.507 e. The van der Waals surface area contributed by atoms with Crippen molar-refractivity contribution in [1.29, 1.82) is 0 Å². The summed E-state index contributed by atoms with van der Waals surface area (Å²) in [7, 11) is -4.98. The molecule has 0 unspecified atom stereocenters. The number of aromatic hydroxyl groups is 1. The van der Waals surface area contributed by atoms with E-state index < -0.39 is 21.0 Å². The number of halogens is 2. The van der Waals surface area contributed by atoms with Gasteiger partial charge in [-0.15, -0.1) is 3.89 Å². The Morgan fingerprint density at radius 3 is 2.52 bits per heavy atom. The van der Waals surface area contributed by atoms with Gasteiger partial charge in [0.2, 0.25) is 0 Å². The van der Waals surface area contributed by atoms with E-state index in [-0.39, 0.29) is 22.0 Å². The lowest BCUT2D eigenvalue weighted by Crippen LogP contribution is -2.14. The number of amides is 1. The monoisotopic (exact) mass is 329 g/mol. The van der Waals surface area contributed by atoms with Crippen LogP contribution in [0, 0.1) is 0 Å². The summed E-state index contributed by atoms with van der Waals surface area (Å²) in [4.78, 5) is 11.4. The fraction of sp³-hybridized carbons (Fsp3) is 0. The second kappa shape index (κ2) is 5.71. The van der Waals surface area contributed by atoms with Crippen LogP contribution >= 0.6 is 11.6 Å². The van der Waals surface area contributed by atoms with Gasteiger partial charge in [-0.05, 0) is 30.3 Å². The number of nitrogens with one attached hydrogen (secondary N) is 1. The number of benzene rings is 2. The van der Waals surface area contributed by atoms with Crippen LogP contribution in [0.1, 0.15) is 10.4 Å². The van der Waals surface area contributed by atoms with Crippen LogP contribution in [0.2, 0.25) is 5.02 Å². The molecule has 0 radical (unpaired) electrons. The van der Waals surface area contributed by atoms with Crippen molar-refractivity contribution in [3.05, 3.63) is 53.1 Å². The number of anilines is 1. The first-order chi connectivity index (χ1) is 9.79. The molecule has 0 aliphatic rings. The predicted molar refractivity (Wildman–Crippen MR) is 75.8 cm³/mol. The highest BCUT2D eigenvalue weighted by Gasteiger charge is 2.19. The molecule has 0 aliphatic carbocycles. The highest BCUT2D eigenvalue weighted by atomic mass is 35.5. The minimum Gasteiger partial charge on any atom is -0.507 e. The van der Waals surface area contributed by atoms with E-state index in [2.05, 4.69) is 5.32 Å². The summed E-state index contributed by atoms with van der Waals surface area (Å²) in [5.41, 5.74) is -0.391. The number of carbonyl (C=O) groups excluding carboxylic acids is 1. The van der Waals surface area contributed by atoms with Gasteiger partial charge in [-0.1, -0.05) is 23.7 Å². The van der Waals surface area contributed by atoms with Gasteiger partial charge in [-0.3, -0.25) is 4.79 Å². The van der Waals surface area contributed by atoms with Crippen molar-refractivity contribution in [2.75, 3.05) is 5.32 Å². The third kappa shape index (κ3) is 3.50. The second-order valence-electron chi connectivity index (χ2n) is 4.05. The Balaban J connectivity index is 2.39. The van der Waals surface area contributed by atoms with Gasteiger partial charge in [0, 0.05) is 5.02 Å². The first-order valence-electron chi connectivity index (χ1n) is 5.62. The van der Waals surface area contributed by atoms with Gasteiger partial charge in [0.1, 0.15) is 10.6 Å². The zero-order valence-corrected chi connectivity index (χ0v) is 12.0. The van der Waals surface area contributed by atoms with Crippen molar-refractivity contribution in [3.8, 4) is 5.75 Å². The van der Waals surface area contributed by atoms with Gasteiger partial charge < -0.3 is 10.4 Å². The van der Waals surface area contributed by atoms with Crippen LogP contribution in [0.5, 0.6) is 5.75 Å². The lowest BCUT2D eigenvalue weighted by atomic mass is 10.2. The molecule has 2 aromatic carbocycles. The molecule has 0 aliphatic heterocycles. The molecule has 0 saturated carbocycles. The normalized spacial score (nSPS) is 11.1. The Kier molecular flexibility index (Phi) is 4.15. The summed E-state index contributed by atoms with van der Waals surface area (Å²) in [6, 6.07) is 8.80. The predicted octanol–water partition coefficient (Wildman–Crippen LogP) is 2.96. The topological polar surface area (TPSA) is 83.5 Å². The molecule has 21 heavy (non-hydrogen) atoms. The molecule has 2 aromatic rings. The average Bonchev–Trinajstić information content (AvgIpc) is 2.41. The van der Waals surface area contributed by atoms with Crippen molar-refractivity contribution < 1.29 is 22.2 Å². The van der Waals surface area contributed by atoms with Gasteiger partial charge in [0.15, 0.2) is 0 Å². The fourth-order valence-corrected chi connectivity index (χ4v) is 2.46. The van der Waals surface area contributed by atoms with Crippen LogP contribution in [-0.2, 0) is 10.2 Å². The summed E-state index contributed by atoms with van der Waals surface area (Å²) in [6.45, 7) is 0. The Morgan fingerprint density at radius 2 is 1.86 bits per heavy atom. The molecule has 0 atom stereocenters. The molecule has 0 saturated heterocycles. The van der Waals surface area contributed by atoms with Gasteiger partial charge in [0.25, 0.3) is 5.91 Å². The van der Waals surface area contributed by atoms with Crippen LogP contribution in [0.25, 0.3) is 0 Å². The highest BCUT2D eigenvalue weighted by molar-refractivity contribution is 7.86. The van der Waals surface area contributed by atoms with Crippen molar-refractivity contribution in [3.63, 3.8) is 0 Å². The first-order valence-corrected chi connectivity index (χ1v) is 7.39. The molecule has 0 spiro atoms. The van der Waals surface area contributed by atoms with Crippen LogP contribution in [0.4, 0.5) is 9.57 Å². The van der Waals surface area contributed by atoms with Crippen molar-refractivity contribution in [2.24, 2.45) is 0 Å². The maximum absolute atomic E-state index is 13.1. The van der Waals surface area contributed by atoms with Gasteiger partial charge >= 0.3 is 10.2 Å². The van der Waals surface area contributed by atoms with Crippen LogP contribution in [0.15, 0.2) is 47.4 Å². The number of hydrogen-bond donors (Lipinski definition) is 2. The summed E-state index contributed by atoms with van der Waals surface area (Å²) in [5, 5.41) is 12.0. The number of rotatable bonds is 3. The van der Waals surface area contributed by atoms with Crippen molar-refractivity contribution >= 4 is 33.4 Å².